The Bertz CT molecular complexity index is 416. The summed E-state index contributed by atoms with van der Waals surface area (Å²) < 4.78 is 0. The second-order valence-corrected chi connectivity index (χ2v) is 14.3. The average Bonchev–Trinajstić information content (AvgIpc) is 2.92. The van der Waals surface area contributed by atoms with Crippen LogP contribution in [0.5, 0.6) is 0 Å². The van der Waals surface area contributed by atoms with Crippen molar-refractivity contribution in [2.24, 2.45) is 5.92 Å². The highest BCUT2D eigenvalue weighted by atomic mass is 31.0. The van der Waals surface area contributed by atoms with E-state index in [0.29, 0.717) is 5.16 Å². The third-order valence-electron chi connectivity index (χ3n) is 9.37. The summed E-state index contributed by atoms with van der Waals surface area (Å²) in [6.45, 7) is 9.36. The highest BCUT2D eigenvalue weighted by Crippen LogP contribution is 2.44. The Morgan fingerprint density at radius 2 is 0.579 bits per heavy atom. The van der Waals surface area contributed by atoms with E-state index in [2.05, 4.69) is 36.9 Å². The van der Waals surface area contributed by atoms with Crippen molar-refractivity contribution in [1.29, 1.82) is 0 Å². The molecule has 2 unspecified atom stereocenters. The van der Waals surface area contributed by atoms with E-state index < -0.39 is 0 Å². The third-order valence-corrected chi connectivity index (χ3v) is 10.4. The fourth-order valence-electron chi connectivity index (χ4n) is 6.59. The summed E-state index contributed by atoms with van der Waals surface area (Å²) in [4.78, 5) is 0. The largest absolute Gasteiger partial charge is 0.131 e. The van der Waals surface area contributed by atoms with Gasteiger partial charge in [-0.1, -0.05) is 201 Å². The molecule has 0 saturated heterocycles. The predicted octanol–water partition coefficient (Wildman–Crippen LogP) is 14.4. The van der Waals surface area contributed by atoms with Gasteiger partial charge in [0.2, 0.25) is 0 Å². The Morgan fingerprint density at radius 3 is 0.868 bits per heavy atom. The summed E-state index contributed by atoms with van der Waals surface area (Å²) in [5.41, 5.74) is 0. The van der Waals surface area contributed by atoms with Gasteiger partial charge in [-0.25, -0.2) is 0 Å². The molecule has 0 aliphatic rings. The van der Waals surface area contributed by atoms with E-state index in [4.69, 9.17) is 0 Å². The van der Waals surface area contributed by atoms with Crippen LogP contribution >= 0.6 is 9.24 Å². The fourth-order valence-corrected chi connectivity index (χ4v) is 7.34. The first-order chi connectivity index (χ1) is 18.6. The zero-order valence-electron chi connectivity index (χ0n) is 27.6. The maximum atomic E-state index is 3.53. The van der Waals surface area contributed by atoms with Crippen LogP contribution in [-0.4, -0.2) is 5.16 Å². The first-order valence-electron chi connectivity index (χ1n) is 18.4. The molecule has 0 aliphatic heterocycles. The van der Waals surface area contributed by atoms with Gasteiger partial charge in [0.05, 0.1) is 0 Å². The summed E-state index contributed by atoms with van der Waals surface area (Å²) in [5, 5.41) is 0.515. The van der Waals surface area contributed by atoms with Gasteiger partial charge in [0, 0.05) is 0 Å². The fraction of sp³-hybridized carbons (Fsp3) is 1.00. The smallest absolute Gasteiger partial charge is 0.0122 e. The zero-order valence-corrected chi connectivity index (χ0v) is 28.7. The highest BCUT2D eigenvalue weighted by molar-refractivity contribution is 7.19. The van der Waals surface area contributed by atoms with Gasteiger partial charge in [-0.15, -0.1) is 9.24 Å². The van der Waals surface area contributed by atoms with E-state index in [0.717, 1.165) is 5.92 Å². The molecule has 2 atom stereocenters. The summed E-state index contributed by atoms with van der Waals surface area (Å²) >= 11 is 0. The van der Waals surface area contributed by atoms with Gasteiger partial charge in [0.1, 0.15) is 0 Å². The molecule has 0 N–H and O–H groups in total. The Balaban J connectivity index is 4.65. The first kappa shape index (κ1) is 38.4. The van der Waals surface area contributed by atoms with E-state index in [1.165, 1.54) is 199 Å². The molecule has 0 saturated carbocycles. The van der Waals surface area contributed by atoms with Gasteiger partial charge in [-0.05, 0) is 36.8 Å². The van der Waals surface area contributed by atoms with Crippen LogP contribution in [0, 0.1) is 5.92 Å². The molecule has 0 aromatic heterocycles. The molecule has 0 heterocycles. The summed E-state index contributed by atoms with van der Waals surface area (Å²) in [6, 6.07) is 0. The molecule has 1 heteroatoms. The molecule has 0 rings (SSSR count). The molecule has 0 fully saturated rings. The summed E-state index contributed by atoms with van der Waals surface area (Å²) in [5.74, 6) is 0.939. The summed E-state index contributed by atoms with van der Waals surface area (Å²) in [7, 11) is 3.53. The minimum absolute atomic E-state index is 0.515. The predicted molar refractivity (Wildman–Crippen MR) is 182 cm³/mol. The standard InChI is InChI=1S/C37H77P/c1-5-9-13-17-18-19-20-21-22-23-25-29-33-36(32-28-24-14-10-6-2)37(38,34-30-26-15-11-7-3)35-31-27-16-12-8-4/h36H,5-35,38H2,1-4H3. The minimum atomic E-state index is 0.515. The number of hydrogen-bond donors (Lipinski definition) is 0. The molecule has 230 valence electrons. The average molecular weight is 553 g/mol. The van der Waals surface area contributed by atoms with Crippen molar-refractivity contribution >= 4 is 9.24 Å². The second-order valence-electron chi connectivity index (χ2n) is 13.1. The SMILES string of the molecule is CCCCCCCCCCCCCCC(CCCCCCC)C(P)(CCCCCCC)CCCCCCC. The first-order valence-corrected chi connectivity index (χ1v) is 19.0. The van der Waals surface area contributed by atoms with Crippen LogP contribution in [0.25, 0.3) is 0 Å². The van der Waals surface area contributed by atoms with Crippen LogP contribution in [0.1, 0.15) is 227 Å². The Hall–Kier alpha value is 0.430. The van der Waals surface area contributed by atoms with Crippen LogP contribution in [0.3, 0.4) is 0 Å². The van der Waals surface area contributed by atoms with Crippen LogP contribution in [0.2, 0.25) is 0 Å². The maximum Gasteiger partial charge on any atom is -0.0122 e. The van der Waals surface area contributed by atoms with Crippen LogP contribution in [0.4, 0.5) is 0 Å². The molecule has 0 radical (unpaired) electrons. The van der Waals surface area contributed by atoms with Gasteiger partial charge in [0.15, 0.2) is 0 Å². The lowest BCUT2D eigenvalue weighted by molar-refractivity contribution is 0.269. The topological polar surface area (TPSA) is 0 Å². The lowest BCUT2D eigenvalue weighted by Crippen LogP contribution is -2.32. The van der Waals surface area contributed by atoms with Gasteiger partial charge < -0.3 is 0 Å². The van der Waals surface area contributed by atoms with E-state index in [9.17, 15) is 0 Å². The quantitative estimate of drug-likeness (QED) is 0.0575. The minimum Gasteiger partial charge on any atom is -0.131 e. The second kappa shape index (κ2) is 30.4. The molecule has 0 aromatic carbocycles. The lowest BCUT2D eigenvalue weighted by atomic mass is 9.77. The van der Waals surface area contributed by atoms with E-state index in [1.54, 1.807) is 0 Å². The van der Waals surface area contributed by atoms with Crippen molar-refractivity contribution in [3.8, 4) is 0 Å². The van der Waals surface area contributed by atoms with Crippen molar-refractivity contribution < 1.29 is 0 Å². The van der Waals surface area contributed by atoms with Crippen LogP contribution in [0.15, 0.2) is 0 Å². The molecule has 38 heavy (non-hydrogen) atoms. The van der Waals surface area contributed by atoms with E-state index in [-0.39, 0.29) is 0 Å². The van der Waals surface area contributed by atoms with Crippen molar-refractivity contribution in [3.63, 3.8) is 0 Å². The molecular weight excluding hydrogens is 475 g/mol. The Kier molecular flexibility index (Phi) is 30.7. The Labute approximate surface area is 246 Å². The third kappa shape index (κ3) is 24.2. The van der Waals surface area contributed by atoms with Crippen molar-refractivity contribution in [1.82, 2.24) is 0 Å². The van der Waals surface area contributed by atoms with Gasteiger partial charge in [-0.2, -0.15) is 0 Å². The molecule has 0 aromatic rings. The summed E-state index contributed by atoms with van der Waals surface area (Å²) in [6.07, 6.45) is 45.1. The number of hydrogen-bond acceptors (Lipinski definition) is 0. The van der Waals surface area contributed by atoms with Gasteiger partial charge in [0.25, 0.3) is 0 Å². The molecule has 0 spiro atoms. The van der Waals surface area contributed by atoms with Crippen LogP contribution in [-0.2, 0) is 0 Å². The van der Waals surface area contributed by atoms with Crippen molar-refractivity contribution in [2.75, 3.05) is 0 Å². The number of unbranched alkanes of at least 4 members (excludes halogenated alkanes) is 23. The highest BCUT2D eigenvalue weighted by Gasteiger charge is 2.32. The monoisotopic (exact) mass is 553 g/mol. The van der Waals surface area contributed by atoms with E-state index >= 15 is 0 Å². The Morgan fingerprint density at radius 1 is 0.342 bits per heavy atom. The maximum absolute atomic E-state index is 3.53. The molecule has 0 nitrogen and oxygen atoms in total. The molecule has 0 bridgehead atoms. The normalized spacial score (nSPS) is 12.9. The molecule has 0 aliphatic carbocycles. The van der Waals surface area contributed by atoms with Gasteiger partial charge in [-0.3, -0.25) is 0 Å². The van der Waals surface area contributed by atoms with E-state index in [1.807, 2.05) is 0 Å². The lowest BCUT2D eigenvalue weighted by Gasteiger charge is -2.39. The number of rotatable bonds is 32. The molecular formula is C37H77P. The van der Waals surface area contributed by atoms with Crippen molar-refractivity contribution in [3.05, 3.63) is 0 Å². The molecule has 0 amide bonds. The van der Waals surface area contributed by atoms with Gasteiger partial charge >= 0.3 is 0 Å². The van der Waals surface area contributed by atoms with Crippen molar-refractivity contribution in [2.45, 2.75) is 232 Å². The zero-order chi connectivity index (χ0) is 28.0. The van der Waals surface area contributed by atoms with Crippen LogP contribution < -0.4 is 0 Å².